The molecule has 3 aromatic rings. The third-order valence-electron chi connectivity index (χ3n) is 4.78. The summed E-state index contributed by atoms with van der Waals surface area (Å²) in [4.78, 5) is 2.42. The molecule has 7 heteroatoms. The Kier molecular flexibility index (Phi) is 6.26. The van der Waals surface area contributed by atoms with Crippen LogP contribution in [0.1, 0.15) is 21.7 Å². The number of hydrogen-bond donors (Lipinski definition) is 1. The summed E-state index contributed by atoms with van der Waals surface area (Å²) in [5.41, 5.74) is 3.62. The zero-order chi connectivity index (χ0) is 19.2. The first kappa shape index (κ1) is 19.0. The van der Waals surface area contributed by atoms with Crippen molar-refractivity contribution in [3.63, 3.8) is 0 Å². The number of ether oxygens (including phenoxy) is 1. The minimum atomic E-state index is -0.223. The van der Waals surface area contributed by atoms with E-state index in [1.54, 1.807) is 12.1 Å². The minimum Gasteiger partial charge on any atom is -0.379 e. The topological polar surface area (TPSA) is 50.3 Å². The van der Waals surface area contributed by atoms with Crippen LogP contribution in [-0.2, 0) is 24.2 Å². The van der Waals surface area contributed by atoms with Crippen LogP contribution in [0.5, 0.6) is 0 Å². The lowest BCUT2D eigenvalue weighted by molar-refractivity contribution is 0.0341. The predicted molar refractivity (Wildman–Crippen MR) is 109 cm³/mol. The summed E-state index contributed by atoms with van der Waals surface area (Å²) in [6, 6.07) is 15.0. The summed E-state index contributed by atoms with van der Waals surface area (Å²) in [5, 5.41) is 13.6. The molecule has 2 heterocycles. The lowest BCUT2D eigenvalue weighted by Gasteiger charge is -2.27. The molecule has 0 spiro atoms. The maximum absolute atomic E-state index is 13.0. The number of aromatic nitrogens is 2. The van der Waals surface area contributed by atoms with Gasteiger partial charge in [0.05, 0.1) is 13.2 Å². The Hall–Kier alpha value is -2.35. The highest BCUT2D eigenvalue weighted by Crippen LogP contribution is 2.21. The lowest BCUT2D eigenvalue weighted by atomic mass is 10.1. The molecule has 28 heavy (non-hydrogen) atoms. The number of nitrogens with one attached hydrogen (secondary N) is 1. The van der Waals surface area contributed by atoms with E-state index in [-0.39, 0.29) is 5.82 Å². The number of nitrogens with zero attached hydrogens (tertiary/aromatic N) is 3. The Morgan fingerprint density at radius 3 is 2.54 bits per heavy atom. The summed E-state index contributed by atoms with van der Waals surface area (Å²) in [6.45, 7) is 5.22. The molecule has 4 rings (SSSR count). The van der Waals surface area contributed by atoms with Crippen LogP contribution in [0.2, 0.25) is 0 Å². The molecule has 0 unspecified atom stereocenters. The molecule has 1 aliphatic rings. The first-order chi connectivity index (χ1) is 13.8. The molecule has 5 nitrogen and oxygen atoms in total. The van der Waals surface area contributed by atoms with Crippen LogP contribution in [-0.4, -0.2) is 41.4 Å². The van der Waals surface area contributed by atoms with E-state index >= 15 is 0 Å². The van der Waals surface area contributed by atoms with Crippen molar-refractivity contribution >= 4 is 16.5 Å². The third-order valence-corrected chi connectivity index (χ3v) is 5.66. The van der Waals surface area contributed by atoms with Crippen LogP contribution in [0, 0.1) is 5.82 Å². The second-order valence-corrected chi connectivity index (χ2v) is 7.88. The van der Waals surface area contributed by atoms with E-state index in [4.69, 9.17) is 4.74 Å². The Bertz CT molecular complexity index is 893. The molecule has 0 atom stereocenters. The molecule has 0 saturated carbocycles. The van der Waals surface area contributed by atoms with Crippen molar-refractivity contribution in [2.45, 2.75) is 19.5 Å². The van der Waals surface area contributed by atoms with E-state index in [1.807, 2.05) is 0 Å². The molecule has 0 bridgehead atoms. The second-order valence-electron chi connectivity index (χ2n) is 6.81. The van der Waals surface area contributed by atoms with Gasteiger partial charge in [-0.25, -0.2) is 4.39 Å². The van der Waals surface area contributed by atoms with Crippen molar-refractivity contribution < 1.29 is 9.13 Å². The standard InChI is InChI=1S/C21H23FN4OS/c22-19-7-5-16(6-8-19)13-20-24-25-21(28-20)23-14-17-3-1-2-4-18(17)15-26-9-11-27-12-10-26/h1-8H,9-15H2,(H,23,25). The molecule has 1 aliphatic heterocycles. The van der Waals surface area contributed by atoms with Crippen LogP contribution in [0.4, 0.5) is 9.52 Å². The summed E-state index contributed by atoms with van der Waals surface area (Å²) in [5.74, 6) is -0.223. The maximum atomic E-state index is 13.0. The Balaban J connectivity index is 1.35. The smallest absolute Gasteiger partial charge is 0.205 e. The molecule has 146 valence electrons. The van der Waals surface area contributed by atoms with Crippen LogP contribution < -0.4 is 5.32 Å². The van der Waals surface area contributed by atoms with Crippen molar-refractivity contribution in [3.05, 3.63) is 76.0 Å². The van der Waals surface area contributed by atoms with Crippen LogP contribution in [0.25, 0.3) is 0 Å². The van der Waals surface area contributed by atoms with Crippen LogP contribution in [0.15, 0.2) is 48.5 Å². The number of morpholine rings is 1. The minimum absolute atomic E-state index is 0.223. The summed E-state index contributed by atoms with van der Waals surface area (Å²) < 4.78 is 18.5. The summed E-state index contributed by atoms with van der Waals surface area (Å²) in [6.07, 6.45) is 0.660. The van der Waals surface area contributed by atoms with Gasteiger partial charge in [0, 0.05) is 32.6 Å². The van der Waals surface area contributed by atoms with Gasteiger partial charge in [-0.2, -0.15) is 0 Å². The highest BCUT2D eigenvalue weighted by atomic mass is 32.1. The predicted octanol–water partition coefficient (Wildman–Crippen LogP) is 3.71. The van der Waals surface area contributed by atoms with Gasteiger partial charge in [0.2, 0.25) is 5.13 Å². The average molecular weight is 399 g/mol. The number of anilines is 1. The van der Waals surface area contributed by atoms with Gasteiger partial charge >= 0.3 is 0 Å². The number of halogens is 1. The zero-order valence-corrected chi connectivity index (χ0v) is 16.4. The Labute approximate surface area is 168 Å². The number of rotatable bonds is 7. The highest BCUT2D eigenvalue weighted by molar-refractivity contribution is 7.15. The van der Waals surface area contributed by atoms with E-state index in [2.05, 4.69) is 44.7 Å². The largest absolute Gasteiger partial charge is 0.379 e. The average Bonchev–Trinajstić information content (AvgIpc) is 3.17. The molecule has 2 aromatic carbocycles. The van der Waals surface area contributed by atoms with Crippen molar-refractivity contribution in [1.29, 1.82) is 0 Å². The quantitative estimate of drug-likeness (QED) is 0.658. The Morgan fingerprint density at radius 2 is 1.75 bits per heavy atom. The fourth-order valence-electron chi connectivity index (χ4n) is 3.23. The summed E-state index contributed by atoms with van der Waals surface area (Å²) in [7, 11) is 0. The van der Waals surface area contributed by atoms with Gasteiger partial charge in [0.15, 0.2) is 0 Å². The monoisotopic (exact) mass is 398 g/mol. The molecule has 0 amide bonds. The van der Waals surface area contributed by atoms with Gasteiger partial charge in [0.25, 0.3) is 0 Å². The van der Waals surface area contributed by atoms with E-state index < -0.39 is 0 Å². The van der Waals surface area contributed by atoms with E-state index in [9.17, 15) is 4.39 Å². The molecular weight excluding hydrogens is 375 g/mol. The van der Waals surface area contributed by atoms with Gasteiger partial charge in [-0.15, -0.1) is 10.2 Å². The zero-order valence-electron chi connectivity index (χ0n) is 15.6. The van der Waals surface area contributed by atoms with E-state index in [0.29, 0.717) is 13.0 Å². The third kappa shape index (κ3) is 5.13. The fraction of sp³-hybridized carbons (Fsp3) is 0.333. The molecule has 1 aromatic heterocycles. The Morgan fingerprint density at radius 1 is 1.00 bits per heavy atom. The first-order valence-electron chi connectivity index (χ1n) is 9.44. The molecule has 1 N–H and O–H groups in total. The molecule has 1 saturated heterocycles. The highest BCUT2D eigenvalue weighted by Gasteiger charge is 2.13. The van der Waals surface area contributed by atoms with Gasteiger partial charge in [-0.05, 0) is 28.8 Å². The van der Waals surface area contributed by atoms with Gasteiger partial charge in [-0.1, -0.05) is 47.7 Å². The fourth-order valence-corrected chi connectivity index (χ4v) is 4.00. The van der Waals surface area contributed by atoms with Gasteiger partial charge in [-0.3, -0.25) is 4.90 Å². The van der Waals surface area contributed by atoms with Crippen molar-refractivity contribution in [2.75, 3.05) is 31.6 Å². The van der Waals surface area contributed by atoms with E-state index in [1.165, 1.54) is 34.6 Å². The second kappa shape index (κ2) is 9.23. The van der Waals surface area contributed by atoms with Gasteiger partial charge in [0.1, 0.15) is 10.8 Å². The lowest BCUT2D eigenvalue weighted by Crippen LogP contribution is -2.35. The van der Waals surface area contributed by atoms with Crippen LogP contribution >= 0.6 is 11.3 Å². The first-order valence-corrected chi connectivity index (χ1v) is 10.3. The normalized spacial score (nSPS) is 14.9. The molecule has 0 aliphatic carbocycles. The van der Waals surface area contributed by atoms with Gasteiger partial charge < -0.3 is 10.1 Å². The van der Waals surface area contributed by atoms with Crippen molar-refractivity contribution in [2.24, 2.45) is 0 Å². The molecule has 1 fully saturated rings. The SMILES string of the molecule is Fc1ccc(Cc2nnc(NCc3ccccc3CN3CCOCC3)s2)cc1. The van der Waals surface area contributed by atoms with Crippen molar-refractivity contribution in [3.8, 4) is 0 Å². The van der Waals surface area contributed by atoms with E-state index in [0.717, 1.165) is 48.6 Å². The number of benzene rings is 2. The molecular formula is C21H23FN4OS. The van der Waals surface area contributed by atoms with Crippen LogP contribution in [0.3, 0.4) is 0 Å². The summed E-state index contributed by atoms with van der Waals surface area (Å²) >= 11 is 1.54. The molecule has 0 radical (unpaired) electrons. The number of hydrogen-bond acceptors (Lipinski definition) is 6. The van der Waals surface area contributed by atoms with Crippen molar-refractivity contribution in [1.82, 2.24) is 15.1 Å². The maximum Gasteiger partial charge on any atom is 0.205 e.